The number of anilines is 2. The van der Waals surface area contributed by atoms with Crippen LogP contribution in [0.25, 0.3) is 16.4 Å². The van der Waals surface area contributed by atoms with Crippen molar-refractivity contribution < 1.29 is 39.9 Å². The number of nitrogens with one attached hydrogen (secondary N) is 2. The Hall–Kier alpha value is -4.40. The third-order valence-corrected chi connectivity index (χ3v) is 6.88. The van der Waals surface area contributed by atoms with Crippen molar-refractivity contribution in [1.82, 2.24) is 24.5 Å². The average Bonchev–Trinajstić information content (AvgIpc) is 3.55. The van der Waals surface area contributed by atoms with Gasteiger partial charge in [-0.25, -0.2) is 13.8 Å². The number of carbonyl (C=O) groups excluding carboxylic acids is 1. The molecule has 1 aliphatic rings. The number of nitrogens with zero attached hydrogens (tertiary/aromatic N) is 4. The minimum absolute atomic E-state index is 0.0284. The maximum absolute atomic E-state index is 14.2. The van der Waals surface area contributed by atoms with Gasteiger partial charge in [-0.15, -0.1) is 0 Å². The summed E-state index contributed by atoms with van der Waals surface area (Å²) < 4.78 is 110. The number of hydrogen-bond acceptors (Lipinski definition) is 4. The first kappa shape index (κ1) is 26.8. The van der Waals surface area contributed by atoms with Crippen molar-refractivity contribution >= 4 is 45.6 Å². The summed E-state index contributed by atoms with van der Waals surface area (Å²) in [4.78, 5) is 17.1. The van der Waals surface area contributed by atoms with E-state index in [-0.39, 0.29) is 44.3 Å². The Bertz CT molecular complexity index is 1880. The lowest BCUT2D eigenvalue weighted by Crippen LogP contribution is -2.20. The van der Waals surface area contributed by atoms with Gasteiger partial charge < -0.3 is 10.6 Å². The molecule has 4 heterocycles. The Morgan fingerprint density at radius 1 is 1.00 bits per heavy atom. The number of carbonyl (C=O) groups is 1. The van der Waals surface area contributed by atoms with Gasteiger partial charge in [-0.3, -0.25) is 13.9 Å². The summed E-state index contributed by atoms with van der Waals surface area (Å²) in [6, 6.07) is 3.73. The number of aromatic nitrogens is 4. The van der Waals surface area contributed by atoms with E-state index in [0.29, 0.717) is 10.7 Å². The summed E-state index contributed by atoms with van der Waals surface area (Å²) in [6.45, 7) is -1.51. The van der Waals surface area contributed by atoms with Crippen LogP contribution in [0.1, 0.15) is 33.1 Å². The zero-order valence-corrected chi connectivity index (χ0v) is 20.8. The first-order chi connectivity index (χ1) is 19.2. The van der Waals surface area contributed by atoms with Gasteiger partial charge in [0.25, 0.3) is 5.91 Å². The fraction of sp³-hybridized carbons (Fsp3) is 0.160. The minimum atomic E-state index is -4.93. The highest BCUT2D eigenvalue weighted by molar-refractivity contribution is 6.31. The van der Waals surface area contributed by atoms with E-state index < -0.39 is 53.6 Å². The molecule has 1 atom stereocenters. The Morgan fingerprint density at radius 2 is 1.76 bits per heavy atom. The number of rotatable bonds is 4. The molecule has 1 aliphatic heterocycles. The summed E-state index contributed by atoms with van der Waals surface area (Å²) in [6.07, 6.45) is -6.98. The molecule has 41 heavy (non-hydrogen) atoms. The third kappa shape index (κ3) is 4.59. The fourth-order valence-corrected chi connectivity index (χ4v) is 5.15. The lowest BCUT2D eigenvalue weighted by molar-refractivity contribution is -0.142. The predicted octanol–water partition coefficient (Wildman–Crippen LogP) is 6.77. The van der Waals surface area contributed by atoms with Crippen LogP contribution in [0.5, 0.6) is 0 Å². The van der Waals surface area contributed by atoms with Crippen LogP contribution in [0.2, 0.25) is 5.02 Å². The zero-order valence-electron chi connectivity index (χ0n) is 20.0. The molecule has 0 saturated heterocycles. The fourth-order valence-electron chi connectivity index (χ4n) is 4.93. The largest absolute Gasteiger partial charge is 0.418 e. The van der Waals surface area contributed by atoms with Crippen molar-refractivity contribution in [2.75, 3.05) is 5.32 Å². The number of pyridine rings is 1. The Kier molecular flexibility index (Phi) is 5.92. The Morgan fingerprint density at radius 3 is 2.46 bits per heavy atom. The van der Waals surface area contributed by atoms with Crippen molar-refractivity contribution in [3.8, 4) is 0 Å². The molecule has 2 N–H and O–H groups in total. The second-order valence-electron chi connectivity index (χ2n) is 9.17. The van der Waals surface area contributed by atoms with Crippen molar-refractivity contribution in [3.63, 3.8) is 0 Å². The first-order valence-corrected chi connectivity index (χ1v) is 11.9. The van der Waals surface area contributed by atoms with E-state index in [9.17, 15) is 39.9 Å². The smallest absolute Gasteiger partial charge is 0.341 e. The van der Waals surface area contributed by atoms with Gasteiger partial charge in [0.1, 0.15) is 18.2 Å². The molecule has 5 aromatic rings. The minimum Gasteiger partial charge on any atom is -0.341 e. The van der Waals surface area contributed by atoms with Crippen LogP contribution in [-0.4, -0.2) is 31.2 Å². The van der Waals surface area contributed by atoms with Crippen LogP contribution in [0, 0.1) is 11.6 Å². The molecule has 16 heteroatoms. The second-order valence-corrected chi connectivity index (χ2v) is 9.57. The second kappa shape index (κ2) is 9.06. The van der Waals surface area contributed by atoms with Crippen LogP contribution < -0.4 is 10.6 Å². The molecule has 7 nitrogen and oxygen atoms in total. The van der Waals surface area contributed by atoms with Gasteiger partial charge in [-0.05, 0) is 30.3 Å². The molecule has 1 unspecified atom stereocenters. The number of amides is 1. The topological polar surface area (TPSA) is 76.2 Å². The van der Waals surface area contributed by atoms with E-state index in [2.05, 4.69) is 20.7 Å². The quantitative estimate of drug-likeness (QED) is 0.223. The summed E-state index contributed by atoms with van der Waals surface area (Å²) >= 11 is 6.29. The van der Waals surface area contributed by atoms with E-state index in [4.69, 9.17) is 11.6 Å². The maximum Gasteiger partial charge on any atom is 0.418 e. The Balaban J connectivity index is 1.60. The number of imidazole rings is 1. The van der Waals surface area contributed by atoms with Gasteiger partial charge >= 0.3 is 12.4 Å². The highest BCUT2D eigenvalue weighted by Gasteiger charge is 2.38. The number of fused-ring (bicyclic) bond motifs is 4. The molecule has 0 saturated carbocycles. The number of halogens is 9. The SMILES string of the molecule is O=C1NC(c2cc(F)ccc2Cl)c2c(Nc3ncc4c(C(F)(F)F)cc(F)cn34)cc3c(cnn3CC(F)(F)F)c21. The zero-order chi connectivity index (χ0) is 29.4. The van der Waals surface area contributed by atoms with Crippen LogP contribution in [0.15, 0.2) is 48.9 Å². The summed E-state index contributed by atoms with van der Waals surface area (Å²) in [5.74, 6) is -3.04. The van der Waals surface area contributed by atoms with Gasteiger partial charge in [0, 0.05) is 33.4 Å². The molecular weight excluding hydrogens is 588 g/mol. The van der Waals surface area contributed by atoms with Crippen molar-refractivity contribution in [3.05, 3.63) is 87.8 Å². The van der Waals surface area contributed by atoms with Crippen molar-refractivity contribution in [2.24, 2.45) is 0 Å². The normalized spacial score (nSPS) is 15.5. The molecule has 212 valence electrons. The number of benzene rings is 2. The van der Waals surface area contributed by atoms with E-state index in [1.807, 2.05) is 0 Å². The van der Waals surface area contributed by atoms with Crippen molar-refractivity contribution in [2.45, 2.75) is 24.9 Å². The van der Waals surface area contributed by atoms with Gasteiger partial charge in [0.15, 0.2) is 0 Å². The van der Waals surface area contributed by atoms with Crippen LogP contribution >= 0.6 is 11.6 Å². The molecule has 0 bridgehead atoms. The number of alkyl halides is 6. The van der Waals surface area contributed by atoms with E-state index >= 15 is 0 Å². The van der Waals surface area contributed by atoms with Crippen LogP contribution in [0.4, 0.5) is 46.8 Å². The molecule has 0 aliphatic carbocycles. The molecule has 0 spiro atoms. The molecule has 0 fully saturated rings. The van der Waals surface area contributed by atoms with E-state index in [0.717, 1.165) is 35.1 Å². The van der Waals surface area contributed by atoms with Gasteiger partial charge in [0.05, 0.1) is 40.6 Å². The van der Waals surface area contributed by atoms with E-state index in [1.54, 1.807) is 0 Å². The van der Waals surface area contributed by atoms with Crippen molar-refractivity contribution in [1.29, 1.82) is 0 Å². The molecular formula is C25H13ClF8N6O. The maximum atomic E-state index is 14.2. The summed E-state index contributed by atoms with van der Waals surface area (Å²) in [5.41, 5.74) is -2.00. The van der Waals surface area contributed by atoms with Crippen LogP contribution in [0.3, 0.4) is 0 Å². The molecule has 6 rings (SSSR count). The Labute approximate surface area is 228 Å². The average molecular weight is 601 g/mol. The number of hydrogen-bond donors (Lipinski definition) is 2. The van der Waals surface area contributed by atoms with Gasteiger partial charge in [0.2, 0.25) is 5.95 Å². The standard InChI is InChI=1S/C25H13ClF8N6O/c26-15-2-1-10(27)3-12(15)21-20-16(37-23-35-7-18-14(25(32,33)34)4-11(28)8-39(18)23)5-17-13(19(20)22(41)38-21)6-36-40(17)9-24(29,30)31/h1-8,21H,9H2,(H,35,37)(H,38,41). The third-order valence-electron chi connectivity index (χ3n) is 6.54. The lowest BCUT2D eigenvalue weighted by Gasteiger charge is -2.19. The highest BCUT2D eigenvalue weighted by atomic mass is 35.5. The van der Waals surface area contributed by atoms with Gasteiger partial charge in [-0.2, -0.15) is 31.4 Å². The monoisotopic (exact) mass is 600 g/mol. The first-order valence-electron chi connectivity index (χ1n) is 11.6. The lowest BCUT2D eigenvalue weighted by atomic mass is 9.94. The molecule has 2 aromatic carbocycles. The molecule has 1 amide bonds. The predicted molar refractivity (Wildman–Crippen MR) is 130 cm³/mol. The van der Waals surface area contributed by atoms with Crippen LogP contribution in [-0.2, 0) is 12.7 Å². The molecule has 3 aromatic heterocycles. The summed E-state index contributed by atoms with van der Waals surface area (Å²) in [5, 5.41) is 9.19. The van der Waals surface area contributed by atoms with E-state index in [1.165, 1.54) is 12.1 Å². The highest BCUT2D eigenvalue weighted by Crippen LogP contribution is 2.44. The summed E-state index contributed by atoms with van der Waals surface area (Å²) in [7, 11) is 0. The van der Waals surface area contributed by atoms with Gasteiger partial charge in [-0.1, -0.05) is 11.6 Å². The molecule has 0 radical (unpaired) electrons.